The Bertz CT molecular complexity index is 2020. The number of hydrogen-bond acceptors (Lipinski definition) is 16. The van der Waals surface area contributed by atoms with E-state index in [1.165, 1.54) is 54.6 Å². The summed E-state index contributed by atoms with van der Waals surface area (Å²) in [7, 11) is 0. The SMILES string of the molecule is O=C([O-])CC(=O)Oc1ccc(Cl)cc1/C=N\N/C(=N/N=C/c1cc(Cl)ccc1OC(=O)CC(=O)[O-])N/N=C\c1ccc(Cl)cc1OC(=O)CC(=O)[O-].[Na+].[Na+].[Na+]. The number of benzene rings is 3. The molecule has 0 aliphatic carbocycles. The van der Waals surface area contributed by atoms with Crippen molar-refractivity contribution in [2.75, 3.05) is 0 Å². The van der Waals surface area contributed by atoms with Crippen molar-refractivity contribution in [2.45, 2.75) is 19.3 Å². The van der Waals surface area contributed by atoms with Gasteiger partial charge in [0.15, 0.2) is 0 Å². The Labute approximate surface area is 392 Å². The van der Waals surface area contributed by atoms with Crippen molar-refractivity contribution in [1.82, 2.24) is 10.9 Å². The second-order valence-corrected chi connectivity index (χ2v) is 10.9. The summed E-state index contributed by atoms with van der Waals surface area (Å²) in [6.45, 7) is 0. The number of esters is 3. The van der Waals surface area contributed by atoms with Gasteiger partial charge in [0.2, 0.25) is 0 Å². The van der Waals surface area contributed by atoms with E-state index in [2.05, 4.69) is 31.3 Å². The van der Waals surface area contributed by atoms with Gasteiger partial charge in [0, 0.05) is 37.8 Å². The van der Waals surface area contributed by atoms with E-state index in [0.29, 0.717) is 0 Å². The molecule has 3 aromatic rings. The molecule has 0 unspecified atom stereocenters. The number of nitrogens with one attached hydrogen (secondary N) is 2. The number of guanidine groups is 1. The van der Waals surface area contributed by atoms with Gasteiger partial charge in [-0.3, -0.25) is 14.4 Å². The van der Waals surface area contributed by atoms with E-state index in [0.717, 1.165) is 18.6 Å². The van der Waals surface area contributed by atoms with Crippen molar-refractivity contribution in [3.05, 3.63) is 86.4 Å². The molecule has 0 atom stereocenters. The molecule has 18 nitrogen and oxygen atoms in total. The summed E-state index contributed by atoms with van der Waals surface area (Å²) in [5.74, 6) is -9.13. The summed E-state index contributed by atoms with van der Waals surface area (Å²) < 4.78 is 15.1. The quantitative estimate of drug-likeness (QED) is 0.0274. The third kappa shape index (κ3) is 19.9. The fraction of sp³-hybridized carbons (Fsp3) is 0.0968. The number of aliphatic carboxylic acids is 3. The Hall–Kier alpha value is -3.37. The van der Waals surface area contributed by atoms with Gasteiger partial charge in [-0.15, -0.1) is 5.10 Å². The maximum absolute atomic E-state index is 11.9. The van der Waals surface area contributed by atoms with Crippen LogP contribution in [0, 0.1) is 0 Å². The fourth-order valence-corrected chi connectivity index (χ4v) is 4.03. The summed E-state index contributed by atoms with van der Waals surface area (Å²) in [6, 6.07) is 12.0. The van der Waals surface area contributed by atoms with E-state index in [1.54, 1.807) is 0 Å². The van der Waals surface area contributed by atoms with Gasteiger partial charge in [0.1, 0.15) is 17.2 Å². The Morgan fingerprint density at radius 1 is 0.545 bits per heavy atom. The van der Waals surface area contributed by atoms with Crippen molar-refractivity contribution in [1.29, 1.82) is 0 Å². The largest absolute Gasteiger partial charge is 1.00 e. The van der Waals surface area contributed by atoms with Gasteiger partial charge >= 0.3 is 107 Å². The molecule has 3 rings (SSSR count). The molecule has 0 fully saturated rings. The topological polar surface area (TPSA) is 273 Å². The average Bonchev–Trinajstić information content (AvgIpc) is 3.03. The maximum atomic E-state index is 11.9. The van der Waals surface area contributed by atoms with Crippen LogP contribution in [0.15, 0.2) is 75.0 Å². The second-order valence-electron chi connectivity index (χ2n) is 9.55. The predicted molar refractivity (Wildman–Crippen MR) is 177 cm³/mol. The molecule has 55 heavy (non-hydrogen) atoms. The van der Waals surface area contributed by atoms with Crippen LogP contribution in [0.1, 0.15) is 36.0 Å². The van der Waals surface area contributed by atoms with E-state index < -0.39 is 55.1 Å². The molecule has 0 aromatic heterocycles. The van der Waals surface area contributed by atoms with Crippen LogP contribution in [-0.2, 0) is 28.8 Å². The van der Waals surface area contributed by atoms with Crippen molar-refractivity contribution in [2.24, 2.45) is 20.4 Å². The number of ether oxygens (including phenoxy) is 3. The monoisotopic (exact) mass is 842 g/mol. The van der Waals surface area contributed by atoms with Crippen LogP contribution in [0.4, 0.5) is 0 Å². The maximum Gasteiger partial charge on any atom is 1.00 e. The van der Waals surface area contributed by atoms with Crippen LogP contribution in [0.3, 0.4) is 0 Å². The van der Waals surface area contributed by atoms with Crippen LogP contribution < -0.4 is 129 Å². The summed E-state index contributed by atoms with van der Waals surface area (Å²) in [5.41, 5.74) is 5.25. The van der Waals surface area contributed by atoms with Gasteiger partial charge in [-0.2, -0.15) is 15.3 Å². The van der Waals surface area contributed by atoms with Crippen LogP contribution in [0.2, 0.25) is 15.1 Å². The Morgan fingerprint density at radius 3 is 1.38 bits per heavy atom. The van der Waals surface area contributed by atoms with Crippen molar-refractivity contribution in [3.63, 3.8) is 0 Å². The minimum atomic E-state index is -1.67. The number of carboxylic acid groups (broad SMARTS) is 3. The number of hydrogen-bond donors (Lipinski definition) is 2. The first kappa shape index (κ1) is 51.6. The van der Waals surface area contributed by atoms with Crippen molar-refractivity contribution >= 4 is 95.2 Å². The Balaban J connectivity index is 0.00000972. The van der Waals surface area contributed by atoms with Crippen molar-refractivity contribution < 1.29 is 147 Å². The molecule has 0 aliphatic heterocycles. The summed E-state index contributed by atoms with van der Waals surface area (Å²) in [5, 5.41) is 48.5. The number of hydrazone groups is 2. The van der Waals surface area contributed by atoms with E-state index in [4.69, 9.17) is 49.0 Å². The van der Waals surface area contributed by atoms with E-state index >= 15 is 0 Å². The first-order valence-electron chi connectivity index (χ1n) is 14.0. The zero-order valence-corrected chi connectivity index (χ0v) is 37.1. The van der Waals surface area contributed by atoms with E-state index in [-0.39, 0.29) is 144 Å². The molecule has 0 saturated heterocycles. The molecule has 0 aliphatic rings. The Morgan fingerprint density at radius 2 is 0.927 bits per heavy atom. The zero-order chi connectivity index (χ0) is 38.2. The van der Waals surface area contributed by atoms with Crippen LogP contribution in [0.5, 0.6) is 17.2 Å². The van der Waals surface area contributed by atoms with Gasteiger partial charge in [-0.05, 0) is 48.5 Å². The molecule has 0 spiro atoms. The molecule has 0 bridgehead atoms. The van der Waals surface area contributed by atoms with E-state index in [1.807, 2.05) is 0 Å². The molecule has 2 N–H and O–H groups in total. The van der Waals surface area contributed by atoms with Gasteiger partial charge < -0.3 is 43.9 Å². The number of carbonyl (C=O) groups is 6. The smallest absolute Gasteiger partial charge is 0.550 e. The molecule has 0 amide bonds. The molecular weight excluding hydrogens is 824 g/mol. The summed E-state index contributed by atoms with van der Waals surface area (Å²) in [6.07, 6.45) is 0.222. The third-order valence-electron chi connectivity index (χ3n) is 5.56. The molecular formula is C31H20Cl3N6Na3O12. The van der Waals surface area contributed by atoms with E-state index in [9.17, 15) is 44.1 Å². The minimum Gasteiger partial charge on any atom is -0.550 e. The van der Waals surface area contributed by atoms with Crippen molar-refractivity contribution in [3.8, 4) is 17.2 Å². The molecule has 3 aromatic carbocycles. The normalized spacial score (nSPS) is 10.8. The van der Waals surface area contributed by atoms with Gasteiger partial charge in [-0.1, -0.05) is 34.8 Å². The van der Waals surface area contributed by atoms with Crippen LogP contribution in [-0.4, -0.2) is 60.4 Å². The average molecular weight is 844 g/mol. The summed E-state index contributed by atoms with van der Waals surface area (Å²) >= 11 is 18.1. The predicted octanol–water partition coefficient (Wildman–Crippen LogP) is -9.27. The number of halogens is 3. The molecule has 0 heterocycles. The first-order chi connectivity index (χ1) is 24.7. The van der Waals surface area contributed by atoms with Gasteiger partial charge in [0.25, 0.3) is 5.96 Å². The number of rotatable bonds is 15. The minimum absolute atomic E-state index is 0. The molecule has 0 saturated carbocycles. The standard InChI is InChI=1S/C31H23Cl3N6O12.3Na/c32-19-3-5-22(50-28(47)10-25(41)42)17(7-19)14-36-39-31(38-35-13-16-1-2-21(34)9-24(16)52-30(49)12-27(45)46)40-37-15-18-8-20(33)4-6-23(18)51-29(48)11-26(43)44;;;/h1-9,13-15H,10-12H2,(H,41,42)(H,43,44)(H,45,46)(H2,38,39,40);;;/q;3*+1/p-3/b35-13-,36-14-,37-15+;;;. The summed E-state index contributed by atoms with van der Waals surface area (Å²) in [4.78, 5) is 68.0. The van der Waals surface area contributed by atoms with Crippen LogP contribution in [0.25, 0.3) is 0 Å². The third-order valence-corrected chi connectivity index (χ3v) is 6.26. The van der Waals surface area contributed by atoms with Crippen LogP contribution >= 0.6 is 34.8 Å². The number of carbonyl (C=O) groups excluding carboxylic acids is 6. The number of carboxylic acids is 3. The zero-order valence-electron chi connectivity index (χ0n) is 28.9. The molecule has 24 heteroatoms. The number of nitrogens with zero attached hydrogens (tertiary/aromatic N) is 4. The van der Waals surface area contributed by atoms with Gasteiger partial charge in [-0.25, -0.2) is 10.9 Å². The first-order valence-corrected chi connectivity index (χ1v) is 15.1. The second kappa shape index (κ2) is 26.5. The molecule has 270 valence electrons. The van der Waals surface area contributed by atoms with Gasteiger partial charge in [0.05, 0.1) is 55.8 Å². The molecule has 0 radical (unpaired) electrons. The Kier molecular flexibility index (Phi) is 24.9. The fourth-order valence-electron chi connectivity index (χ4n) is 3.50.